The fourth-order valence-corrected chi connectivity index (χ4v) is 1.83. The Bertz CT molecular complexity index is 326. The van der Waals surface area contributed by atoms with Gasteiger partial charge in [0.15, 0.2) is 5.69 Å². The summed E-state index contributed by atoms with van der Waals surface area (Å²) in [7, 11) is 1.17. The summed E-state index contributed by atoms with van der Waals surface area (Å²) in [6.45, 7) is 0. The van der Waals surface area contributed by atoms with Gasteiger partial charge in [-0.3, -0.25) is 4.21 Å². The van der Waals surface area contributed by atoms with E-state index in [2.05, 4.69) is 9.72 Å². The van der Waals surface area contributed by atoms with Crippen molar-refractivity contribution in [3.05, 3.63) is 11.2 Å². The van der Waals surface area contributed by atoms with Crippen LogP contribution in [0.1, 0.15) is 10.5 Å². The molecule has 1 unspecified atom stereocenters. The van der Waals surface area contributed by atoms with E-state index >= 15 is 0 Å². The molecule has 0 bridgehead atoms. The Labute approximate surface area is 103 Å². The van der Waals surface area contributed by atoms with Crippen LogP contribution in [0.15, 0.2) is 9.72 Å². The van der Waals surface area contributed by atoms with E-state index in [0.29, 0.717) is 0 Å². The number of ether oxygens (including phenoxy) is 1. The number of hydrogen-bond donors (Lipinski definition) is 0. The first-order chi connectivity index (χ1) is 5.66. The molecule has 1 rings (SSSR count). The molecular weight excluding hydrogens is 225 g/mol. The zero-order chi connectivity index (χ0) is 9.14. The first kappa shape index (κ1) is 13.2. The van der Waals surface area contributed by atoms with Crippen LogP contribution < -0.4 is 29.6 Å². The van der Waals surface area contributed by atoms with E-state index in [0.717, 1.165) is 11.3 Å². The summed E-state index contributed by atoms with van der Waals surface area (Å²) in [6.07, 6.45) is 0. The van der Waals surface area contributed by atoms with Crippen LogP contribution in [0.2, 0.25) is 0 Å². The molecule has 0 aliphatic rings. The zero-order valence-corrected chi connectivity index (χ0v) is 10.6. The van der Waals surface area contributed by atoms with Crippen LogP contribution in [0, 0.1) is 0 Å². The number of methoxy groups -OCH3 is 1. The predicted octanol–water partition coefficient (Wildman–Crippen LogP) is -2.83. The maximum absolute atomic E-state index is 10.8. The van der Waals surface area contributed by atoms with Crippen molar-refractivity contribution in [3.63, 3.8) is 0 Å². The van der Waals surface area contributed by atoms with Crippen LogP contribution in [-0.4, -0.2) is 26.8 Å². The van der Waals surface area contributed by atoms with Crippen molar-refractivity contribution < 1.29 is 47.9 Å². The van der Waals surface area contributed by atoms with Gasteiger partial charge in [-0.05, 0) is 11.1 Å². The Morgan fingerprint density at radius 3 is 2.85 bits per heavy atom. The quantitative estimate of drug-likeness (QED) is 0.310. The van der Waals surface area contributed by atoms with E-state index in [4.69, 9.17) is 0 Å². The molecule has 0 fully saturated rings. The number of rotatable bonds is 2. The van der Waals surface area contributed by atoms with E-state index < -0.39 is 17.0 Å². The number of carbonyl (C=O) groups excluding carboxylic acids is 1. The van der Waals surface area contributed by atoms with Crippen molar-refractivity contribution >= 4 is 28.4 Å². The molecule has 0 spiro atoms. The van der Waals surface area contributed by atoms with Crippen LogP contribution in [0.25, 0.3) is 0 Å². The van der Waals surface area contributed by atoms with E-state index in [1.807, 2.05) is 0 Å². The fraction of sp³-hybridized carbons (Fsp3) is 0.200. The second kappa shape index (κ2) is 5.84. The van der Waals surface area contributed by atoms with E-state index in [-0.39, 0.29) is 39.5 Å². The third-order valence-electron chi connectivity index (χ3n) is 1.07. The number of carbonyl (C=O) groups is 1. The van der Waals surface area contributed by atoms with Gasteiger partial charge in [0.1, 0.15) is 4.21 Å². The molecule has 5 nitrogen and oxygen atoms in total. The normalized spacial score (nSPS) is 11.5. The average molecular weight is 229 g/mol. The van der Waals surface area contributed by atoms with Crippen molar-refractivity contribution in [2.45, 2.75) is 4.21 Å². The van der Waals surface area contributed by atoms with Gasteiger partial charge in [-0.2, -0.15) is 0 Å². The Kier molecular flexibility index (Phi) is 5.93. The third-order valence-corrected chi connectivity index (χ3v) is 2.88. The molecule has 0 aromatic carbocycles. The molecule has 66 valence electrons. The zero-order valence-electron chi connectivity index (χ0n) is 6.97. The van der Waals surface area contributed by atoms with Crippen LogP contribution in [0.4, 0.5) is 0 Å². The molecule has 8 heteroatoms. The Balaban J connectivity index is 0.00000144. The SMILES string of the molecule is COC(=O)c1ncsc1S(=O)[O-].[Na+]. The molecule has 1 aromatic rings. The van der Waals surface area contributed by atoms with Gasteiger partial charge in [0.25, 0.3) is 0 Å². The van der Waals surface area contributed by atoms with E-state index in [9.17, 15) is 13.6 Å². The monoisotopic (exact) mass is 229 g/mol. The van der Waals surface area contributed by atoms with E-state index in [1.165, 1.54) is 12.6 Å². The molecule has 0 saturated heterocycles. The average Bonchev–Trinajstić information content (AvgIpc) is 2.50. The predicted molar refractivity (Wildman–Crippen MR) is 40.6 cm³/mol. The van der Waals surface area contributed by atoms with Gasteiger partial charge in [0.05, 0.1) is 12.6 Å². The van der Waals surface area contributed by atoms with Gasteiger partial charge in [0.2, 0.25) is 0 Å². The van der Waals surface area contributed by atoms with Crippen molar-refractivity contribution in [2.75, 3.05) is 7.11 Å². The molecule has 0 amide bonds. The van der Waals surface area contributed by atoms with Crippen LogP contribution in [0.3, 0.4) is 0 Å². The van der Waals surface area contributed by atoms with Gasteiger partial charge in [-0.25, -0.2) is 9.78 Å². The molecule has 13 heavy (non-hydrogen) atoms. The topological polar surface area (TPSA) is 79.3 Å². The minimum absolute atomic E-state index is 0. The van der Waals surface area contributed by atoms with Crippen molar-refractivity contribution in [1.29, 1.82) is 0 Å². The molecule has 0 radical (unpaired) electrons. The maximum Gasteiger partial charge on any atom is 1.00 e. The van der Waals surface area contributed by atoms with Gasteiger partial charge in [-0.15, -0.1) is 11.3 Å². The molecule has 0 saturated carbocycles. The number of nitrogens with zero attached hydrogens (tertiary/aromatic N) is 1. The number of esters is 1. The van der Waals surface area contributed by atoms with Crippen molar-refractivity contribution in [2.24, 2.45) is 0 Å². The number of thiazole rings is 1. The Hall–Kier alpha value is 0.210. The minimum atomic E-state index is -2.43. The van der Waals surface area contributed by atoms with Gasteiger partial charge >= 0.3 is 35.5 Å². The Morgan fingerprint density at radius 2 is 2.38 bits per heavy atom. The van der Waals surface area contributed by atoms with Crippen molar-refractivity contribution in [1.82, 2.24) is 4.98 Å². The summed E-state index contributed by atoms with van der Waals surface area (Å²) in [4.78, 5) is 14.4. The van der Waals surface area contributed by atoms with Crippen LogP contribution in [-0.2, 0) is 15.8 Å². The minimum Gasteiger partial charge on any atom is -0.768 e. The second-order valence-electron chi connectivity index (χ2n) is 1.71. The fourth-order valence-electron chi connectivity index (χ4n) is 0.586. The molecule has 0 aliphatic heterocycles. The van der Waals surface area contributed by atoms with Gasteiger partial charge < -0.3 is 9.29 Å². The van der Waals surface area contributed by atoms with Crippen LogP contribution >= 0.6 is 11.3 Å². The van der Waals surface area contributed by atoms with Crippen molar-refractivity contribution in [3.8, 4) is 0 Å². The molecular formula is C5H4NNaO4S2. The molecule has 1 atom stereocenters. The Morgan fingerprint density at radius 1 is 1.77 bits per heavy atom. The molecule has 1 heterocycles. The van der Waals surface area contributed by atoms with Crippen LogP contribution in [0.5, 0.6) is 0 Å². The second-order valence-corrected chi connectivity index (χ2v) is 3.71. The summed E-state index contributed by atoms with van der Waals surface area (Å²) >= 11 is -1.55. The number of hydrogen-bond acceptors (Lipinski definition) is 6. The summed E-state index contributed by atoms with van der Waals surface area (Å²) in [5, 5.41) is 0. The summed E-state index contributed by atoms with van der Waals surface area (Å²) in [6, 6.07) is 0. The summed E-state index contributed by atoms with van der Waals surface area (Å²) < 4.78 is 25.2. The van der Waals surface area contributed by atoms with Gasteiger partial charge in [-0.1, -0.05) is 0 Å². The summed E-state index contributed by atoms with van der Waals surface area (Å²) in [5.41, 5.74) is 1.12. The standard InChI is InChI=1S/C5H5NO4S2.Na/c1-10-4(7)3-5(12(8)9)11-2-6-3;/h2H,1H3,(H,8,9);/q;+1/p-1. The molecule has 0 N–H and O–H groups in total. The maximum atomic E-state index is 10.8. The third kappa shape index (κ3) is 3.12. The number of aromatic nitrogens is 1. The molecule has 0 aliphatic carbocycles. The smallest absolute Gasteiger partial charge is 0.768 e. The first-order valence-corrected chi connectivity index (χ1v) is 4.73. The van der Waals surface area contributed by atoms with E-state index in [1.54, 1.807) is 0 Å². The van der Waals surface area contributed by atoms with Gasteiger partial charge in [0, 0.05) is 0 Å². The first-order valence-electron chi connectivity index (χ1n) is 2.78. The summed E-state index contributed by atoms with van der Waals surface area (Å²) in [5.74, 6) is -0.740. The largest absolute Gasteiger partial charge is 1.00 e. The molecule has 1 aromatic heterocycles.